The summed E-state index contributed by atoms with van der Waals surface area (Å²) in [5.41, 5.74) is 7.78. The predicted molar refractivity (Wildman–Crippen MR) is 78.9 cm³/mol. The number of rotatable bonds is 4. The molecule has 0 unspecified atom stereocenters. The van der Waals surface area contributed by atoms with E-state index in [1.54, 1.807) is 6.33 Å². The number of hydrogen-bond acceptors (Lipinski definition) is 2. The molecule has 2 N–H and O–H groups in total. The van der Waals surface area contributed by atoms with Crippen LogP contribution in [0.2, 0.25) is 0 Å². The van der Waals surface area contributed by atoms with E-state index >= 15 is 0 Å². The van der Waals surface area contributed by atoms with Crippen molar-refractivity contribution in [3.8, 4) is 11.3 Å². The number of hydrogen-bond donors (Lipinski definition) is 2. The number of nitrogens with zero attached hydrogens (tertiary/aromatic N) is 1. The van der Waals surface area contributed by atoms with E-state index in [1.165, 1.54) is 22.3 Å². The third-order valence-electron chi connectivity index (χ3n) is 3.91. The lowest BCUT2D eigenvalue weighted by Crippen LogP contribution is -2.01. The van der Waals surface area contributed by atoms with Crippen LogP contribution in [0.4, 0.5) is 0 Å². The SMILES string of the molecule is Cc1cc(C)c(C)c(-c2nc[nH]c2CCC(=O)O)c1C. The Morgan fingerprint density at radius 3 is 2.35 bits per heavy atom. The minimum atomic E-state index is -0.792. The van der Waals surface area contributed by atoms with Gasteiger partial charge in [-0.25, -0.2) is 4.98 Å². The molecule has 2 rings (SSSR count). The molecule has 0 spiro atoms. The van der Waals surface area contributed by atoms with Gasteiger partial charge in [0, 0.05) is 17.7 Å². The maximum absolute atomic E-state index is 10.8. The molecular formula is C16H20N2O2. The van der Waals surface area contributed by atoms with Crippen molar-refractivity contribution in [2.75, 3.05) is 0 Å². The highest BCUT2D eigenvalue weighted by atomic mass is 16.4. The Morgan fingerprint density at radius 2 is 1.80 bits per heavy atom. The summed E-state index contributed by atoms with van der Waals surface area (Å²) in [6.45, 7) is 8.36. The minimum Gasteiger partial charge on any atom is -0.481 e. The number of carboxylic acid groups (broad SMARTS) is 1. The molecule has 0 saturated carbocycles. The number of carbonyl (C=O) groups is 1. The highest BCUT2D eigenvalue weighted by molar-refractivity contribution is 5.73. The van der Waals surface area contributed by atoms with Gasteiger partial charge >= 0.3 is 5.97 Å². The molecule has 0 aliphatic heterocycles. The lowest BCUT2D eigenvalue weighted by molar-refractivity contribution is -0.136. The van der Waals surface area contributed by atoms with E-state index in [1.807, 2.05) is 0 Å². The van der Waals surface area contributed by atoms with E-state index in [0.717, 1.165) is 17.0 Å². The summed E-state index contributed by atoms with van der Waals surface area (Å²) in [5.74, 6) is -0.792. The summed E-state index contributed by atoms with van der Waals surface area (Å²) >= 11 is 0. The van der Waals surface area contributed by atoms with E-state index in [4.69, 9.17) is 5.11 Å². The molecule has 1 aromatic carbocycles. The molecule has 0 aliphatic rings. The molecule has 0 amide bonds. The van der Waals surface area contributed by atoms with Gasteiger partial charge in [0.05, 0.1) is 18.4 Å². The summed E-state index contributed by atoms with van der Waals surface area (Å²) in [5, 5.41) is 8.84. The first-order valence-electron chi connectivity index (χ1n) is 6.73. The van der Waals surface area contributed by atoms with E-state index in [2.05, 4.69) is 43.7 Å². The van der Waals surface area contributed by atoms with Crippen LogP contribution in [0.25, 0.3) is 11.3 Å². The Morgan fingerprint density at radius 1 is 1.20 bits per heavy atom. The number of carboxylic acids is 1. The molecule has 1 heterocycles. The van der Waals surface area contributed by atoms with Crippen molar-refractivity contribution >= 4 is 5.97 Å². The molecule has 20 heavy (non-hydrogen) atoms. The van der Waals surface area contributed by atoms with Crippen molar-refractivity contribution < 1.29 is 9.90 Å². The number of aryl methyl sites for hydroxylation is 3. The van der Waals surface area contributed by atoms with Gasteiger partial charge in [-0.3, -0.25) is 4.79 Å². The van der Waals surface area contributed by atoms with Gasteiger partial charge in [-0.05, 0) is 49.9 Å². The third-order valence-corrected chi connectivity index (χ3v) is 3.91. The van der Waals surface area contributed by atoms with Gasteiger partial charge in [-0.2, -0.15) is 0 Å². The average molecular weight is 272 g/mol. The number of aromatic nitrogens is 2. The van der Waals surface area contributed by atoms with Gasteiger partial charge in [0.2, 0.25) is 0 Å². The maximum atomic E-state index is 10.8. The summed E-state index contributed by atoms with van der Waals surface area (Å²) in [4.78, 5) is 18.2. The van der Waals surface area contributed by atoms with Crippen molar-refractivity contribution in [2.45, 2.75) is 40.5 Å². The monoisotopic (exact) mass is 272 g/mol. The zero-order valence-corrected chi connectivity index (χ0v) is 12.4. The summed E-state index contributed by atoms with van der Waals surface area (Å²) in [7, 11) is 0. The Hall–Kier alpha value is -2.10. The van der Waals surface area contributed by atoms with Crippen LogP contribution < -0.4 is 0 Å². The van der Waals surface area contributed by atoms with Gasteiger partial charge in [-0.1, -0.05) is 6.07 Å². The second kappa shape index (κ2) is 5.49. The molecule has 0 bridgehead atoms. The first kappa shape index (κ1) is 14.3. The zero-order valence-electron chi connectivity index (χ0n) is 12.4. The van der Waals surface area contributed by atoms with Crippen molar-refractivity contribution in [1.29, 1.82) is 0 Å². The number of imidazole rings is 1. The number of aromatic amines is 1. The topological polar surface area (TPSA) is 66.0 Å². The van der Waals surface area contributed by atoms with E-state index < -0.39 is 5.97 Å². The second-order valence-corrected chi connectivity index (χ2v) is 5.26. The maximum Gasteiger partial charge on any atom is 0.303 e. The fourth-order valence-electron chi connectivity index (χ4n) is 2.53. The van der Waals surface area contributed by atoms with Crippen LogP contribution in [-0.2, 0) is 11.2 Å². The summed E-state index contributed by atoms with van der Waals surface area (Å²) < 4.78 is 0. The van der Waals surface area contributed by atoms with Gasteiger partial charge < -0.3 is 10.1 Å². The molecule has 2 aromatic rings. The normalized spacial score (nSPS) is 10.8. The van der Waals surface area contributed by atoms with E-state index in [9.17, 15) is 4.79 Å². The van der Waals surface area contributed by atoms with E-state index in [-0.39, 0.29) is 6.42 Å². The average Bonchev–Trinajstić information content (AvgIpc) is 2.83. The van der Waals surface area contributed by atoms with E-state index in [0.29, 0.717) is 6.42 Å². The Labute approximate surface area is 118 Å². The molecule has 4 nitrogen and oxygen atoms in total. The molecule has 0 saturated heterocycles. The molecule has 106 valence electrons. The lowest BCUT2D eigenvalue weighted by Gasteiger charge is -2.15. The first-order valence-corrected chi connectivity index (χ1v) is 6.73. The number of nitrogens with one attached hydrogen (secondary N) is 1. The fraction of sp³-hybridized carbons (Fsp3) is 0.375. The number of benzene rings is 1. The van der Waals surface area contributed by atoms with Crippen LogP contribution in [0, 0.1) is 27.7 Å². The van der Waals surface area contributed by atoms with Crippen LogP contribution in [0.3, 0.4) is 0 Å². The predicted octanol–water partition coefficient (Wildman–Crippen LogP) is 3.33. The smallest absolute Gasteiger partial charge is 0.303 e. The van der Waals surface area contributed by atoms with Crippen LogP contribution in [0.1, 0.15) is 34.4 Å². The molecule has 0 radical (unpaired) electrons. The summed E-state index contributed by atoms with van der Waals surface area (Å²) in [6, 6.07) is 2.18. The first-order chi connectivity index (χ1) is 9.41. The molecule has 0 fully saturated rings. The number of H-pyrrole nitrogens is 1. The van der Waals surface area contributed by atoms with Crippen LogP contribution in [0.15, 0.2) is 12.4 Å². The van der Waals surface area contributed by atoms with Crippen LogP contribution in [0.5, 0.6) is 0 Å². The quantitative estimate of drug-likeness (QED) is 0.897. The van der Waals surface area contributed by atoms with Gasteiger partial charge in [0.15, 0.2) is 0 Å². The largest absolute Gasteiger partial charge is 0.481 e. The molecule has 0 atom stereocenters. The molecule has 4 heteroatoms. The number of aliphatic carboxylic acids is 1. The molecular weight excluding hydrogens is 252 g/mol. The van der Waals surface area contributed by atoms with Gasteiger partial charge in [0.25, 0.3) is 0 Å². The van der Waals surface area contributed by atoms with Gasteiger partial charge in [-0.15, -0.1) is 0 Å². The van der Waals surface area contributed by atoms with Crippen molar-refractivity contribution in [1.82, 2.24) is 9.97 Å². The van der Waals surface area contributed by atoms with Gasteiger partial charge in [0.1, 0.15) is 0 Å². The second-order valence-electron chi connectivity index (χ2n) is 5.26. The van der Waals surface area contributed by atoms with Crippen molar-refractivity contribution in [3.63, 3.8) is 0 Å². The fourth-order valence-corrected chi connectivity index (χ4v) is 2.53. The van der Waals surface area contributed by atoms with Crippen LogP contribution >= 0.6 is 0 Å². The lowest BCUT2D eigenvalue weighted by atomic mass is 9.91. The van der Waals surface area contributed by atoms with Crippen molar-refractivity contribution in [2.24, 2.45) is 0 Å². The Bertz CT molecular complexity index is 630. The zero-order chi connectivity index (χ0) is 14.9. The highest BCUT2D eigenvalue weighted by Gasteiger charge is 2.16. The standard InChI is InChI=1S/C16H20N2O2/c1-9-7-10(2)12(4)15(11(9)3)16-13(17-8-18-16)5-6-14(19)20/h7-8H,5-6H2,1-4H3,(H,17,18)(H,19,20). The molecule has 1 aromatic heterocycles. The Kier molecular flexibility index (Phi) is 3.93. The summed E-state index contributed by atoms with van der Waals surface area (Å²) in [6.07, 6.45) is 2.22. The van der Waals surface area contributed by atoms with Crippen molar-refractivity contribution in [3.05, 3.63) is 40.3 Å². The third kappa shape index (κ3) is 2.59. The Balaban J connectivity index is 2.52. The van der Waals surface area contributed by atoms with Crippen LogP contribution in [-0.4, -0.2) is 21.0 Å². The highest BCUT2D eigenvalue weighted by Crippen LogP contribution is 2.32. The minimum absolute atomic E-state index is 0.109. The molecule has 0 aliphatic carbocycles.